The lowest BCUT2D eigenvalue weighted by Crippen LogP contribution is -2.38. The molecule has 2 atom stereocenters. The van der Waals surface area contributed by atoms with Crippen molar-refractivity contribution in [1.29, 1.82) is 0 Å². The minimum atomic E-state index is -0.988. The summed E-state index contributed by atoms with van der Waals surface area (Å²) in [4.78, 5) is 21.9. The molecule has 1 aliphatic heterocycles. The van der Waals surface area contributed by atoms with Gasteiger partial charge in [-0.2, -0.15) is 0 Å². The summed E-state index contributed by atoms with van der Waals surface area (Å²) < 4.78 is 0. The summed E-state index contributed by atoms with van der Waals surface area (Å²) in [6.07, 6.45) is 4.77. The van der Waals surface area contributed by atoms with Crippen LogP contribution in [0.4, 0.5) is 0 Å². The van der Waals surface area contributed by atoms with E-state index in [1.807, 2.05) is 21.6 Å². The number of unbranched alkanes of at least 4 members (excludes halogenated alkanes) is 1. The van der Waals surface area contributed by atoms with Crippen molar-refractivity contribution in [2.45, 2.75) is 50.3 Å². The van der Waals surface area contributed by atoms with Gasteiger partial charge in [0, 0.05) is 17.4 Å². The van der Waals surface area contributed by atoms with E-state index in [-0.39, 0.29) is 5.91 Å². The zero-order chi connectivity index (χ0) is 12.7. The zero-order valence-corrected chi connectivity index (χ0v) is 11.6. The van der Waals surface area contributed by atoms with Crippen molar-refractivity contribution in [3.8, 4) is 0 Å². The summed E-state index contributed by atoms with van der Waals surface area (Å²) in [7, 11) is 3.88. The van der Waals surface area contributed by atoms with Gasteiger partial charge in [0.25, 0.3) is 0 Å². The Morgan fingerprint density at radius 2 is 2.24 bits per heavy atom. The van der Waals surface area contributed by atoms with Crippen LogP contribution in [0.1, 0.15) is 39.0 Å². The van der Waals surface area contributed by atoms with Gasteiger partial charge >= 0.3 is 5.97 Å². The standard InChI is InChI=1S/C11H19NO3S2/c1-8(11(14)15)12-10(13)5-3-2-4-9-6-7-16-17-9/h8-9H,2-7H2,1H3,(H,12,13)(H,14,15). The number of carbonyl (C=O) groups excluding carboxylic acids is 1. The van der Waals surface area contributed by atoms with E-state index in [1.165, 1.54) is 25.5 Å². The SMILES string of the molecule is CC(NC(=O)CCCCC1CCSS1)C(=O)O. The fraction of sp³-hybridized carbons (Fsp3) is 0.818. The summed E-state index contributed by atoms with van der Waals surface area (Å²) >= 11 is 0. The third kappa shape index (κ3) is 6.21. The minimum absolute atomic E-state index is 0.159. The van der Waals surface area contributed by atoms with Crippen LogP contribution in [0.2, 0.25) is 0 Å². The molecule has 0 spiro atoms. The predicted octanol–water partition coefficient (Wildman–Crippen LogP) is 2.29. The van der Waals surface area contributed by atoms with Crippen LogP contribution in [-0.2, 0) is 9.59 Å². The summed E-state index contributed by atoms with van der Waals surface area (Å²) in [5.41, 5.74) is 0. The second-order valence-electron chi connectivity index (χ2n) is 4.20. The molecule has 1 saturated heterocycles. The Bertz CT molecular complexity index is 267. The number of carboxylic acid groups (broad SMARTS) is 1. The van der Waals surface area contributed by atoms with E-state index in [1.54, 1.807) is 0 Å². The molecule has 4 nitrogen and oxygen atoms in total. The van der Waals surface area contributed by atoms with E-state index in [2.05, 4.69) is 5.32 Å². The molecule has 2 N–H and O–H groups in total. The van der Waals surface area contributed by atoms with Gasteiger partial charge in [-0.15, -0.1) is 0 Å². The summed E-state index contributed by atoms with van der Waals surface area (Å²) in [5, 5.41) is 11.8. The van der Waals surface area contributed by atoms with Crippen molar-refractivity contribution in [2.75, 3.05) is 5.75 Å². The molecule has 17 heavy (non-hydrogen) atoms. The van der Waals surface area contributed by atoms with Gasteiger partial charge in [-0.3, -0.25) is 9.59 Å². The lowest BCUT2D eigenvalue weighted by Gasteiger charge is -2.09. The van der Waals surface area contributed by atoms with Crippen molar-refractivity contribution in [1.82, 2.24) is 5.32 Å². The van der Waals surface area contributed by atoms with Crippen LogP contribution in [0.25, 0.3) is 0 Å². The molecule has 1 fully saturated rings. The van der Waals surface area contributed by atoms with E-state index in [4.69, 9.17) is 5.11 Å². The maximum absolute atomic E-state index is 11.4. The van der Waals surface area contributed by atoms with Crippen LogP contribution >= 0.6 is 21.6 Å². The third-order valence-corrected chi connectivity index (χ3v) is 5.66. The molecule has 1 rings (SSSR count). The first-order valence-electron chi connectivity index (χ1n) is 5.90. The van der Waals surface area contributed by atoms with Gasteiger partial charge in [0.15, 0.2) is 0 Å². The molecule has 0 bridgehead atoms. The number of aliphatic carboxylic acids is 1. The maximum Gasteiger partial charge on any atom is 0.325 e. The van der Waals surface area contributed by atoms with Crippen molar-refractivity contribution in [2.24, 2.45) is 0 Å². The molecule has 6 heteroatoms. The molecule has 1 heterocycles. The Balaban J connectivity index is 2.01. The van der Waals surface area contributed by atoms with Gasteiger partial charge in [-0.05, 0) is 26.2 Å². The van der Waals surface area contributed by atoms with Crippen molar-refractivity contribution in [3.05, 3.63) is 0 Å². The number of nitrogens with one attached hydrogen (secondary N) is 1. The Hall–Kier alpha value is -0.360. The van der Waals surface area contributed by atoms with Crippen LogP contribution < -0.4 is 5.32 Å². The number of carboxylic acids is 1. The van der Waals surface area contributed by atoms with Gasteiger partial charge in [0.05, 0.1) is 0 Å². The van der Waals surface area contributed by atoms with Crippen LogP contribution in [0, 0.1) is 0 Å². The van der Waals surface area contributed by atoms with Crippen LogP contribution in [0.15, 0.2) is 0 Å². The Kier molecular flexibility index (Phi) is 6.80. The molecule has 0 aliphatic carbocycles. The molecule has 1 aliphatic rings. The average molecular weight is 277 g/mol. The van der Waals surface area contributed by atoms with Crippen LogP contribution in [0.5, 0.6) is 0 Å². The Morgan fingerprint density at radius 1 is 1.47 bits per heavy atom. The second kappa shape index (κ2) is 7.87. The third-order valence-electron chi connectivity index (χ3n) is 2.66. The normalized spacial score (nSPS) is 21.1. The highest BCUT2D eigenvalue weighted by Crippen LogP contribution is 2.39. The monoisotopic (exact) mass is 277 g/mol. The van der Waals surface area contributed by atoms with E-state index in [9.17, 15) is 9.59 Å². The first-order chi connectivity index (χ1) is 8.09. The number of hydrogen-bond donors (Lipinski definition) is 2. The average Bonchev–Trinajstić information content (AvgIpc) is 2.77. The van der Waals surface area contributed by atoms with Gasteiger partial charge in [0.2, 0.25) is 5.91 Å². The highest BCUT2D eigenvalue weighted by atomic mass is 33.1. The minimum Gasteiger partial charge on any atom is -0.480 e. The summed E-state index contributed by atoms with van der Waals surface area (Å²) in [6, 6.07) is -0.788. The highest BCUT2D eigenvalue weighted by molar-refractivity contribution is 8.77. The molecule has 0 radical (unpaired) electrons. The van der Waals surface area contributed by atoms with Crippen LogP contribution in [0.3, 0.4) is 0 Å². The number of rotatable bonds is 7. The smallest absolute Gasteiger partial charge is 0.325 e. The maximum atomic E-state index is 11.4. The topological polar surface area (TPSA) is 66.4 Å². The molecule has 0 aromatic rings. The molecule has 98 valence electrons. The summed E-state index contributed by atoms with van der Waals surface area (Å²) in [6.45, 7) is 1.48. The highest BCUT2D eigenvalue weighted by Gasteiger charge is 2.16. The quantitative estimate of drug-likeness (QED) is 0.552. The fourth-order valence-corrected chi connectivity index (χ4v) is 4.63. The number of carbonyl (C=O) groups is 2. The van der Waals surface area contributed by atoms with E-state index in [0.29, 0.717) is 6.42 Å². The van der Waals surface area contributed by atoms with E-state index in [0.717, 1.165) is 18.1 Å². The Morgan fingerprint density at radius 3 is 2.82 bits per heavy atom. The van der Waals surface area contributed by atoms with Gasteiger partial charge in [-0.25, -0.2) is 0 Å². The Labute approximate surface area is 110 Å². The second-order valence-corrected chi connectivity index (χ2v) is 6.99. The largest absolute Gasteiger partial charge is 0.480 e. The molecule has 0 aromatic carbocycles. The van der Waals surface area contributed by atoms with Gasteiger partial charge in [-0.1, -0.05) is 28.0 Å². The summed E-state index contributed by atoms with van der Waals surface area (Å²) in [5.74, 6) is 0.0949. The molecular weight excluding hydrogens is 258 g/mol. The van der Waals surface area contributed by atoms with Crippen molar-refractivity contribution < 1.29 is 14.7 Å². The van der Waals surface area contributed by atoms with Gasteiger partial charge in [0.1, 0.15) is 6.04 Å². The molecule has 0 aromatic heterocycles. The zero-order valence-electron chi connectivity index (χ0n) is 9.98. The fourth-order valence-electron chi connectivity index (χ4n) is 1.60. The van der Waals surface area contributed by atoms with Crippen LogP contribution in [-0.4, -0.2) is 34.0 Å². The lowest BCUT2D eigenvalue weighted by molar-refractivity contribution is -0.141. The first kappa shape index (κ1) is 14.7. The first-order valence-corrected chi connectivity index (χ1v) is 8.28. The van der Waals surface area contributed by atoms with Crippen molar-refractivity contribution in [3.63, 3.8) is 0 Å². The molecule has 0 saturated carbocycles. The van der Waals surface area contributed by atoms with Gasteiger partial charge < -0.3 is 10.4 Å². The van der Waals surface area contributed by atoms with E-state index < -0.39 is 12.0 Å². The number of amides is 1. The van der Waals surface area contributed by atoms with E-state index >= 15 is 0 Å². The number of hydrogen-bond acceptors (Lipinski definition) is 4. The molecular formula is C11H19NO3S2. The molecule has 1 amide bonds. The lowest BCUT2D eigenvalue weighted by atomic mass is 10.1. The molecule has 2 unspecified atom stereocenters. The van der Waals surface area contributed by atoms with Crippen molar-refractivity contribution >= 4 is 33.5 Å². The predicted molar refractivity (Wildman–Crippen MR) is 72.2 cm³/mol.